The van der Waals surface area contributed by atoms with Crippen molar-refractivity contribution in [2.45, 2.75) is 172 Å². The van der Waals surface area contributed by atoms with Crippen LogP contribution in [0.15, 0.2) is 134 Å². The van der Waals surface area contributed by atoms with Crippen molar-refractivity contribution in [2.24, 2.45) is 0 Å². The molecule has 0 aliphatic heterocycles. The lowest BCUT2D eigenvalue weighted by atomic mass is 9.85. The van der Waals surface area contributed by atoms with Gasteiger partial charge in [0.25, 0.3) is 0 Å². The van der Waals surface area contributed by atoms with Crippen LogP contribution in [-0.2, 0) is 41.8 Å². The number of hydrogen-bond acceptors (Lipinski definition) is 15. The van der Waals surface area contributed by atoms with Crippen LogP contribution in [0, 0.1) is 0 Å². The van der Waals surface area contributed by atoms with E-state index in [2.05, 4.69) is 47.9 Å². The van der Waals surface area contributed by atoms with E-state index in [0.717, 1.165) is 32.1 Å². The molecule has 0 bridgehead atoms. The van der Waals surface area contributed by atoms with Crippen LogP contribution in [-0.4, -0.2) is 125 Å². The summed E-state index contributed by atoms with van der Waals surface area (Å²) in [5, 5.41) is 61.3. The van der Waals surface area contributed by atoms with Gasteiger partial charge in [0, 0.05) is 12.8 Å². The first-order valence-corrected chi connectivity index (χ1v) is 28.0. The van der Waals surface area contributed by atoms with Crippen LogP contribution in [0.5, 0.6) is 0 Å². The molecule has 1 saturated carbocycles. The van der Waals surface area contributed by atoms with Gasteiger partial charge in [-0.1, -0.05) is 160 Å². The molecule has 0 heterocycles. The highest BCUT2D eigenvalue weighted by Crippen LogP contribution is 2.49. The predicted molar refractivity (Wildman–Crippen MR) is 280 cm³/mol. The smallest absolute Gasteiger partial charge is 0.462 e. The summed E-state index contributed by atoms with van der Waals surface area (Å²) in [7, 11) is -10.8. The highest BCUT2D eigenvalue weighted by Gasteiger charge is 2.54. The molecule has 0 amide bonds. The van der Waals surface area contributed by atoms with E-state index in [1.807, 2.05) is 55.5 Å². The second-order valence-corrected chi connectivity index (χ2v) is 19.4. The fourth-order valence-corrected chi connectivity index (χ4v) is 8.04. The first-order valence-electron chi connectivity index (χ1n) is 24.9. The Kier molecular flexibility index (Phi) is 38.0. The summed E-state index contributed by atoms with van der Waals surface area (Å²) in [6.45, 7) is 2.67. The van der Waals surface area contributed by atoms with Crippen LogP contribution >= 0.6 is 15.6 Å². The minimum absolute atomic E-state index is 0.0852. The number of carbonyl (C=O) groups is 2. The Labute approximate surface area is 431 Å². The highest BCUT2D eigenvalue weighted by molar-refractivity contribution is 7.47. The van der Waals surface area contributed by atoms with Gasteiger partial charge < -0.3 is 54.8 Å². The molecule has 20 heteroatoms. The molecule has 9 N–H and O–H groups in total. The number of aliphatic hydroxyl groups is 6. The summed E-state index contributed by atoms with van der Waals surface area (Å²) in [6.07, 6.45) is 36.2. The van der Waals surface area contributed by atoms with Crippen molar-refractivity contribution in [2.75, 3.05) is 13.2 Å². The molecule has 0 aromatic rings. The number of ether oxygens (including phenoxy) is 2. The Hall–Kier alpha value is -3.94. The van der Waals surface area contributed by atoms with Crippen molar-refractivity contribution < 1.29 is 87.1 Å². The number of unbranched alkanes of at least 4 members (excludes halogenated alkanes) is 3. The van der Waals surface area contributed by atoms with Gasteiger partial charge in [0.15, 0.2) is 6.10 Å². The molecule has 0 aromatic carbocycles. The van der Waals surface area contributed by atoms with E-state index < -0.39 is 95.7 Å². The van der Waals surface area contributed by atoms with Crippen molar-refractivity contribution in [1.29, 1.82) is 0 Å². The monoisotopic (exact) mass is 1070 g/mol. The van der Waals surface area contributed by atoms with E-state index in [0.29, 0.717) is 25.7 Å². The summed E-state index contributed by atoms with van der Waals surface area (Å²) in [5.74, 6) is -1.48. The Morgan fingerprint density at radius 1 is 0.521 bits per heavy atom. The van der Waals surface area contributed by atoms with Crippen molar-refractivity contribution in [3.8, 4) is 0 Å². The van der Waals surface area contributed by atoms with E-state index in [1.165, 1.54) is 19.3 Å². The van der Waals surface area contributed by atoms with Crippen LogP contribution in [0.4, 0.5) is 0 Å². The van der Waals surface area contributed by atoms with Gasteiger partial charge in [0.1, 0.15) is 43.2 Å². The van der Waals surface area contributed by atoms with Crippen LogP contribution in [0.2, 0.25) is 0 Å². The lowest BCUT2D eigenvalue weighted by Crippen LogP contribution is -2.64. The fourth-order valence-electron chi connectivity index (χ4n) is 6.50. The van der Waals surface area contributed by atoms with Gasteiger partial charge in [-0.05, 0) is 77.0 Å². The van der Waals surface area contributed by atoms with Gasteiger partial charge in [-0.2, -0.15) is 0 Å². The maximum absolute atomic E-state index is 13.0. The standard InChI is InChI=1S/C53H82O18P2/c1-3-5-7-8-9-10-11-12-13-14-15-16-17-18-19-20-21-26-34-40-47(57)69-45(42-68-73(65,66)71-53-50(60)48(58)49(59)52(51(53)61)70-72(62,63)64)41-67-46(56)39-33-25-23-22-24-30-36-44(55)38-32-28-27-31-37-43(54)35-29-6-4-2/h6,9-10,12-13,15-16,18-19,21,23-32,37-38,43-45,48-55,58-61H,3-5,7-8,11,14,17,20,22,33-36,39-42H2,1-2H3,(H,65,66)(H2,62,63,64)/b10-9-,13-12-,16-15-,19-18-,25-23-,26-21-,28-27-,29-6-,30-24-,37-31+,38-32+/t43-,44+,45-,48?,49?,50?,51?,52-,53+/m1/s1. The average Bonchev–Trinajstić information content (AvgIpc) is 3.34. The van der Waals surface area contributed by atoms with E-state index in [1.54, 1.807) is 48.6 Å². The maximum Gasteiger partial charge on any atom is 0.472 e. The summed E-state index contributed by atoms with van der Waals surface area (Å²) in [4.78, 5) is 54.3. The molecule has 0 spiro atoms. The van der Waals surface area contributed by atoms with Crippen LogP contribution < -0.4 is 0 Å². The summed E-state index contributed by atoms with van der Waals surface area (Å²) < 4.78 is 49.2. The fraction of sp³-hybridized carbons (Fsp3) is 0.547. The molecule has 10 atom stereocenters. The van der Waals surface area contributed by atoms with Gasteiger partial charge >= 0.3 is 27.6 Å². The first kappa shape index (κ1) is 67.1. The summed E-state index contributed by atoms with van der Waals surface area (Å²) >= 11 is 0. The second kappa shape index (κ2) is 41.3. The number of aliphatic hydroxyl groups excluding tert-OH is 6. The lowest BCUT2D eigenvalue weighted by molar-refractivity contribution is -0.216. The molecule has 1 rings (SSSR count). The number of phosphoric ester groups is 2. The van der Waals surface area contributed by atoms with Crippen molar-refractivity contribution in [3.63, 3.8) is 0 Å². The number of phosphoric acid groups is 2. The Morgan fingerprint density at radius 2 is 0.973 bits per heavy atom. The normalized spacial score (nSPS) is 22.6. The molecule has 0 saturated heterocycles. The van der Waals surface area contributed by atoms with Gasteiger partial charge in [-0.3, -0.25) is 23.2 Å². The number of esters is 2. The topological polar surface area (TPSA) is 296 Å². The van der Waals surface area contributed by atoms with Crippen molar-refractivity contribution >= 4 is 27.6 Å². The van der Waals surface area contributed by atoms with Gasteiger partial charge in [-0.25, -0.2) is 9.13 Å². The summed E-state index contributed by atoms with van der Waals surface area (Å²) in [5.41, 5.74) is 0. The molecule has 18 nitrogen and oxygen atoms in total. The molecule has 412 valence electrons. The van der Waals surface area contributed by atoms with E-state index >= 15 is 0 Å². The molecular formula is C53H82O18P2. The van der Waals surface area contributed by atoms with E-state index in [9.17, 15) is 64.0 Å². The third-order valence-electron chi connectivity index (χ3n) is 10.4. The zero-order chi connectivity index (χ0) is 54.2. The Bertz CT molecular complexity index is 1950. The van der Waals surface area contributed by atoms with Gasteiger partial charge in [0.05, 0.1) is 18.8 Å². The molecular weight excluding hydrogens is 987 g/mol. The second-order valence-electron chi connectivity index (χ2n) is 16.8. The van der Waals surface area contributed by atoms with Gasteiger partial charge in [0.2, 0.25) is 0 Å². The number of rotatable bonds is 39. The predicted octanol–water partition coefficient (Wildman–Crippen LogP) is 8.00. The first-order chi connectivity index (χ1) is 34.9. The Morgan fingerprint density at radius 3 is 1.47 bits per heavy atom. The third-order valence-corrected chi connectivity index (χ3v) is 11.9. The average molecular weight is 1070 g/mol. The zero-order valence-corrected chi connectivity index (χ0v) is 44.0. The SMILES string of the molecule is CC/C=C\C[C@@H](O)/C=C/C=C\C=C\[C@@H](O)C/C=C\C/C=C\CCC(=O)OC[C@H](COP(=O)(O)O[C@H]1C(O)C(O)C(O)[C@@H](OP(=O)(O)O)C1O)OC(=O)CC/C=C\C/C=C\C/C=C\C/C=C\C/C=C\CCCCC. The number of carbonyl (C=O) groups excluding carboxylic acids is 2. The molecule has 5 unspecified atom stereocenters. The largest absolute Gasteiger partial charge is 0.472 e. The van der Waals surface area contributed by atoms with Crippen LogP contribution in [0.3, 0.4) is 0 Å². The third kappa shape index (κ3) is 35.8. The minimum Gasteiger partial charge on any atom is -0.462 e. The number of allylic oxidation sites excluding steroid dienone is 18. The van der Waals surface area contributed by atoms with E-state index in [-0.39, 0.29) is 25.7 Å². The lowest BCUT2D eigenvalue weighted by Gasteiger charge is -2.43. The highest BCUT2D eigenvalue weighted by atomic mass is 31.2. The number of hydrogen-bond donors (Lipinski definition) is 9. The molecule has 0 aromatic heterocycles. The Balaban J connectivity index is 2.72. The molecule has 73 heavy (non-hydrogen) atoms. The molecule has 1 aliphatic rings. The van der Waals surface area contributed by atoms with Crippen LogP contribution in [0.25, 0.3) is 0 Å². The maximum atomic E-state index is 13.0. The molecule has 1 fully saturated rings. The molecule has 1 aliphatic carbocycles. The van der Waals surface area contributed by atoms with E-state index in [4.69, 9.17) is 18.5 Å². The summed E-state index contributed by atoms with van der Waals surface area (Å²) in [6, 6.07) is 0. The minimum atomic E-state index is -5.40. The van der Waals surface area contributed by atoms with Crippen LogP contribution in [0.1, 0.15) is 117 Å². The quantitative estimate of drug-likeness (QED) is 0.00926. The van der Waals surface area contributed by atoms with Gasteiger partial charge in [-0.15, -0.1) is 0 Å². The van der Waals surface area contributed by atoms with Crippen molar-refractivity contribution in [3.05, 3.63) is 134 Å². The van der Waals surface area contributed by atoms with Crippen molar-refractivity contribution in [1.82, 2.24) is 0 Å². The molecule has 0 radical (unpaired) electrons. The zero-order valence-electron chi connectivity index (χ0n) is 42.2.